The Morgan fingerprint density at radius 1 is 1.27 bits per heavy atom. The van der Waals surface area contributed by atoms with Crippen LogP contribution >= 0.6 is 0 Å². The topological polar surface area (TPSA) is 12.0 Å². The van der Waals surface area contributed by atoms with Crippen molar-refractivity contribution in [3.05, 3.63) is 12.2 Å². The first-order valence-corrected chi connectivity index (χ1v) is 6.50. The molecule has 0 heterocycles. The van der Waals surface area contributed by atoms with Gasteiger partial charge in [0.2, 0.25) is 0 Å². The van der Waals surface area contributed by atoms with E-state index in [1.807, 2.05) is 0 Å². The fraction of sp³-hybridized carbons (Fsp3) is 0.857. The number of rotatable bonds is 3. The molecule has 0 aromatic heterocycles. The quantitative estimate of drug-likeness (QED) is 0.698. The number of allylic oxidation sites excluding steroid dienone is 2. The minimum Gasteiger partial charge on any atom is -0.311 e. The van der Waals surface area contributed by atoms with Crippen molar-refractivity contribution in [1.82, 2.24) is 5.32 Å². The summed E-state index contributed by atoms with van der Waals surface area (Å²) in [5.74, 6) is 2.72. The van der Waals surface area contributed by atoms with Gasteiger partial charge in [-0.15, -0.1) is 0 Å². The standard InChI is InChI=1S/C14H23N/c1-9(15-13-8-14(13,2)3)12-7-10-4-5-11(12)6-10/h4-5,9-13,15H,6-8H2,1-3H3. The largest absolute Gasteiger partial charge is 0.311 e. The highest BCUT2D eigenvalue weighted by atomic mass is 15.0. The van der Waals surface area contributed by atoms with Crippen molar-refractivity contribution in [2.45, 2.75) is 52.1 Å². The molecule has 2 bridgehead atoms. The summed E-state index contributed by atoms with van der Waals surface area (Å²) >= 11 is 0. The van der Waals surface area contributed by atoms with Crippen LogP contribution < -0.4 is 5.32 Å². The molecule has 2 saturated carbocycles. The zero-order valence-corrected chi connectivity index (χ0v) is 10.2. The van der Waals surface area contributed by atoms with Gasteiger partial charge in [-0.1, -0.05) is 26.0 Å². The van der Waals surface area contributed by atoms with Crippen LogP contribution in [-0.4, -0.2) is 12.1 Å². The Kier molecular flexibility index (Phi) is 2.04. The predicted octanol–water partition coefficient (Wildman–Crippen LogP) is 2.98. The highest BCUT2D eigenvalue weighted by Crippen LogP contribution is 2.48. The molecule has 15 heavy (non-hydrogen) atoms. The van der Waals surface area contributed by atoms with Crippen molar-refractivity contribution in [2.75, 3.05) is 0 Å². The lowest BCUT2D eigenvalue weighted by molar-refractivity contribution is 0.315. The van der Waals surface area contributed by atoms with Crippen molar-refractivity contribution in [1.29, 1.82) is 0 Å². The summed E-state index contributed by atoms with van der Waals surface area (Å²) in [6.07, 6.45) is 9.14. The average Bonchev–Trinajstić information content (AvgIpc) is 2.61. The van der Waals surface area contributed by atoms with Gasteiger partial charge in [0.25, 0.3) is 0 Å². The van der Waals surface area contributed by atoms with Gasteiger partial charge in [0.15, 0.2) is 0 Å². The van der Waals surface area contributed by atoms with Crippen LogP contribution in [-0.2, 0) is 0 Å². The third-order valence-corrected chi connectivity index (χ3v) is 4.95. The Balaban J connectivity index is 1.57. The second kappa shape index (κ2) is 3.10. The fourth-order valence-corrected chi connectivity index (χ4v) is 3.59. The minimum absolute atomic E-state index is 0.571. The molecular formula is C14H23N. The van der Waals surface area contributed by atoms with E-state index in [1.165, 1.54) is 19.3 Å². The SMILES string of the molecule is CC(NC1CC1(C)C)C1CC2C=CC1C2. The Morgan fingerprint density at radius 2 is 2.00 bits per heavy atom. The average molecular weight is 205 g/mol. The summed E-state index contributed by atoms with van der Waals surface area (Å²) in [6, 6.07) is 1.51. The smallest absolute Gasteiger partial charge is 0.0127 e. The third kappa shape index (κ3) is 1.65. The molecule has 1 heteroatoms. The molecule has 0 amide bonds. The van der Waals surface area contributed by atoms with Gasteiger partial charge in [-0.3, -0.25) is 0 Å². The van der Waals surface area contributed by atoms with Gasteiger partial charge in [-0.2, -0.15) is 0 Å². The molecule has 2 fully saturated rings. The molecule has 0 radical (unpaired) electrons. The van der Waals surface area contributed by atoms with Gasteiger partial charge in [-0.25, -0.2) is 0 Å². The maximum Gasteiger partial charge on any atom is 0.0127 e. The molecular weight excluding hydrogens is 182 g/mol. The molecule has 84 valence electrons. The highest BCUT2D eigenvalue weighted by Gasteiger charge is 2.47. The van der Waals surface area contributed by atoms with Gasteiger partial charge >= 0.3 is 0 Å². The lowest BCUT2D eigenvalue weighted by atomic mass is 9.87. The summed E-state index contributed by atoms with van der Waals surface area (Å²) in [6.45, 7) is 7.14. The predicted molar refractivity (Wildman–Crippen MR) is 63.6 cm³/mol. The first kappa shape index (κ1) is 9.89. The summed E-state index contributed by atoms with van der Waals surface area (Å²) in [5, 5.41) is 3.84. The van der Waals surface area contributed by atoms with E-state index in [9.17, 15) is 0 Å². The van der Waals surface area contributed by atoms with Gasteiger partial charge in [0, 0.05) is 12.1 Å². The third-order valence-electron chi connectivity index (χ3n) is 4.95. The number of fused-ring (bicyclic) bond motifs is 2. The van der Waals surface area contributed by atoms with Crippen LogP contribution in [0, 0.1) is 23.2 Å². The molecule has 1 N–H and O–H groups in total. The van der Waals surface area contributed by atoms with E-state index in [4.69, 9.17) is 0 Å². The molecule has 0 aromatic carbocycles. The van der Waals surface area contributed by atoms with Crippen LogP contribution in [0.1, 0.15) is 40.0 Å². The first-order valence-electron chi connectivity index (χ1n) is 6.50. The maximum atomic E-state index is 3.84. The Bertz CT molecular complexity index is 292. The van der Waals surface area contributed by atoms with Gasteiger partial charge < -0.3 is 5.32 Å². The Hall–Kier alpha value is -0.300. The summed E-state index contributed by atoms with van der Waals surface area (Å²) in [4.78, 5) is 0. The molecule has 0 saturated heterocycles. The zero-order valence-electron chi connectivity index (χ0n) is 10.2. The van der Waals surface area contributed by atoms with Gasteiger partial charge in [0.05, 0.1) is 0 Å². The molecule has 5 atom stereocenters. The van der Waals surface area contributed by atoms with Gasteiger partial charge in [0.1, 0.15) is 0 Å². The fourth-order valence-electron chi connectivity index (χ4n) is 3.59. The zero-order chi connectivity index (χ0) is 10.6. The van der Waals surface area contributed by atoms with Crippen molar-refractivity contribution in [2.24, 2.45) is 23.2 Å². The summed E-state index contributed by atoms with van der Waals surface area (Å²) < 4.78 is 0. The van der Waals surface area contributed by atoms with Crippen LogP contribution in [0.25, 0.3) is 0 Å². The Morgan fingerprint density at radius 3 is 2.47 bits per heavy atom. The molecule has 3 rings (SSSR count). The van der Waals surface area contributed by atoms with Gasteiger partial charge in [-0.05, 0) is 49.4 Å². The monoisotopic (exact) mass is 205 g/mol. The van der Waals surface area contributed by atoms with Crippen molar-refractivity contribution < 1.29 is 0 Å². The summed E-state index contributed by atoms with van der Waals surface area (Å²) in [7, 11) is 0. The normalized spacial score (nSPS) is 47.1. The molecule has 5 unspecified atom stereocenters. The van der Waals surface area contributed by atoms with E-state index < -0.39 is 0 Å². The second-order valence-electron chi connectivity index (χ2n) is 6.64. The number of nitrogens with one attached hydrogen (secondary N) is 1. The van der Waals surface area contributed by atoms with E-state index in [-0.39, 0.29) is 0 Å². The number of hydrogen-bond acceptors (Lipinski definition) is 1. The van der Waals surface area contributed by atoms with Crippen LogP contribution in [0.2, 0.25) is 0 Å². The molecule has 0 aliphatic heterocycles. The lowest BCUT2D eigenvalue weighted by Crippen LogP contribution is -2.38. The van der Waals surface area contributed by atoms with Crippen LogP contribution in [0.4, 0.5) is 0 Å². The summed E-state index contributed by atoms with van der Waals surface area (Å²) in [5.41, 5.74) is 0.571. The molecule has 3 aliphatic carbocycles. The maximum absolute atomic E-state index is 3.84. The second-order valence-corrected chi connectivity index (χ2v) is 6.64. The van der Waals surface area contributed by atoms with Crippen LogP contribution in [0.15, 0.2) is 12.2 Å². The van der Waals surface area contributed by atoms with E-state index >= 15 is 0 Å². The lowest BCUT2D eigenvalue weighted by Gasteiger charge is -2.27. The van der Waals surface area contributed by atoms with Crippen molar-refractivity contribution >= 4 is 0 Å². The Labute approximate surface area is 93.3 Å². The van der Waals surface area contributed by atoms with E-state index in [0.717, 1.165) is 29.8 Å². The van der Waals surface area contributed by atoms with Crippen molar-refractivity contribution in [3.63, 3.8) is 0 Å². The molecule has 1 nitrogen and oxygen atoms in total. The number of hydrogen-bond donors (Lipinski definition) is 1. The first-order chi connectivity index (χ1) is 7.06. The van der Waals surface area contributed by atoms with Crippen LogP contribution in [0.3, 0.4) is 0 Å². The van der Waals surface area contributed by atoms with E-state index in [0.29, 0.717) is 5.41 Å². The van der Waals surface area contributed by atoms with Crippen molar-refractivity contribution in [3.8, 4) is 0 Å². The molecule has 3 aliphatic rings. The molecule has 0 aromatic rings. The highest BCUT2D eigenvalue weighted by molar-refractivity contribution is 5.12. The van der Waals surface area contributed by atoms with E-state index in [2.05, 4.69) is 38.2 Å². The van der Waals surface area contributed by atoms with E-state index in [1.54, 1.807) is 0 Å². The van der Waals surface area contributed by atoms with Crippen LogP contribution in [0.5, 0.6) is 0 Å². The minimum atomic E-state index is 0.571. The molecule has 0 spiro atoms.